The number of terminal acetylenes is 1. The van der Waals surface area contributed by atoms with E-state index >= 15 is 0 Å². The van der Waals surface area contributed by atoms with Crippen molar-refractivity contribution in [1.82, 2.24) is 19.6 Å². The molecule has 0 N–H and O–H groups in total. The molecule has 2 aliphatic heterocycles. The van der Waals surface area contributed by atoms with Gasteiger partial charge in [0, 0.05) is 43.7 Å². The first-order valence-corrected chi connectivity index (χ1v) is 11.7. The Morgan fingerprint density at radius 3 is 2.32 bits per heavy atom. The summed E-state index contributed by atoms with van der Waals surface area (Å²) in [4.78, 5) is 9.38. The highest BCUT2D eigenvalue weighted by Gasteiger charge is 2.29. The quantitative estimate of drug-likeness (QED) is 0.520. The van der Waals surface area contributed by atoms with Gasteiger partial charge in [0.15, 0.2) is 0 Å². The number of allylic oxidation sites excluding steroid dienone is 2. The molecule has 0 spiro atoms. The van der Waals surface area contributed by atoms with E-state index in [1.807, 2.05) is 36.6 Å². The third-order valence-electron chi connectivity index (χ3n) is 6.54. The number of aromatic nitrogens is 2. The maximum absolute atomic E-state index is 5.73. The first-order valence-electron chi connectivity index (χ1n) is 11.7. The molecule has 2 unspecified atom stereocenters. The Kier molecular flexibility index (Phi) is 6.42. The van der Waals surface area contributed by atoms with Crippen LogP contribution in [0.3, 0.4) is 0 Å². The SMILES string of the molecule is C#CC1C=CC=NC1N1CCN(C(=C)Cn2nc(-c3ccccc3)cc2-c2ccccc2)CC1. The Morgan fingerprint density at radius 1 is 0.971 bits per heavy atom. The Bertz CT molecular complexity index is 1220. The third kappa shape index (κ3) is 4.59. The lowest BCUT2D eigenvalue weighted by atomic mass is 10.0. The number of rotatable bonds is 6. The van der Waals surface area contributed by atoms with Crippen molar-refractivity contribution in [2.75, 3.05) is 26.2 Å². The van der Waals surface area contributed by atoms with E-state index in [-0.39, 0.29) is 12.1 Å². The number of hydrogen-bond acceptors (Lipinski definition) is 4. The van der Waals surface area contributed by atoms with Crippen molar-refractivity contribution in [3.05, 3.63) is 91.2 Å². The number of benzene rings is 2. The molecule has 5 nitrogen and oxygen atoms in total. The van der Waals surface area contributed by atoms with Crippen molar-refractivity contribution >= 4 is 6.21 Å². The highest BCUT2D eigenvalue weighted by Crippen LogP contribution is 2.27. The van der Waals surface area contributed by atoms with Gasteiger partial charge in [-0.1, -0.05) is 79.2 Å². The van der Waals surface area contributed by atoms with E-state index in [1.54, 1.807) is 0 Å². The molecular weight excluding hydrogens is 418 g/mol. The van der Waals surface area contributed by atoms with Crippen LogP contribution >= 0.6 is 0 Å². The minimum Gasteiger partial charge on any atom is -0.371 e. The molecule has 2 aromatic carbocycles. The van der Waals surface area contributed by atoms with Crippen LogP contribution < -0.4 is 0 Å². The lowest BCUT2D eigenvalue weighted by Crippen LogP contribution is -2.51. The average Bonchev–Trinajstić information content (AvgIpc) is 3.33. The molecule has 0 bridgehead atoms. The van der Waals surface area contributed by atoms with Gasteiger partial charge >= 0.3 is 0 Å². The predicted octanol–water partition coefficient (Wildman–Crippen LogP) is 4.56. The van der Waals surface area contributed by atoms with E-state index < -0.39 is 0 Å². The molecule has 5 heteroatoms. The van der Waals surface area contributed by atoms with Crippen LogP contribution in [-0.4, -0.2) is 58.1 Å². The molecule has 5 rings (SSSR count). The van der Waals surface area contributed by atoms with Gasteiger partial charge in [-0.05, 0) is 17.7 Å². The Hall–Kier alpha value is -3.88. The maximum Gasteiger partial charge on any atom is 0.119 e. The summed E-state index contributed by atoms with van der Waals surface area (Å²) in [5.41, 5.74) is 5.40. The molecule has 2 aliphatic rings. The minimum absolute atomic E-state index is 0.0358. The smallest absolute Gasteiger partial charge is 0.119 e. The normalized spacial score (nSPS) is 20.3. The number of dihydropyridines is 1. The van der Waals surface area contributed by atoms with E-state index in [1.165, 1.54) is 0 Å². The van der Waals surface area contributed by atoms with Crippen molar-refractivity contribution in [3.63, 3.8) is 0 Å². The van der Waals surface area contributed by atoms with Gasteiger partial charge in [-0.25, -0.2) is 0 Å². The lowest BCUT2D eigenvalue weighted by Gasteiger charge is -2.41. The number of piperazine rings is 1. The van der Waals surface area contributed by atoms with Gasteiger partial charge < -0.3 is 4.90 Å². The number of nitrogens with zero attached hydrogens (tertiary/aromatic N) is 5. The summed E-state index contributed by atoms with van der Waals surface area (Å²) in [7, 11) is 0. The van der Waals surface area contributed by atoms with Crippen LogP contribution in [0.15, 0.2) is 96.2 Å². The van der Waals surface area contributed by atoms with Crippen LogP contribution in [0.5, 0.6) is 0 Å². The first kappa shape index (κ1) is 21.9. The zero-order chi connectivity index (χ0) is 23.3. The van der Waals surface area contributed by atoms with Gasteiger partial charge in [-0.3, -0.25) is 14.6 Å². The lowest BCUT2D eigenvalue weighted by molar-refractivity contribution is 0.105. The topological polar surface area (TPSA) is 36.7 Å². The molecule has 0 saturated carbocycles. The zero-order valence-electron chi connectivity index (χ0n) is 19.3. The maximum atomic E-state index is 5.73. The Balaban J connectivity index is 1.31. The van der Waals surface area contributed by atoms with Crippen LogP contribution in [0.25, 0.3) is 22.5 Å². The second-order valence-corrected chi connectivity index (χ2v) is 8.68. The highest BCUT2D eigenvalue weighted by molar-refractivity contribution is 5.72. The molecule has 170 valence electrons. The Morgan fingerprint density at radius 2 is 1.65 bits per heavy atom. The van der Waals surface area contributed by atoms with Crippen LogP contribution in [0.4, 0.5) is 0 Å². The summed E-state index contributed by atoms with van der Waals surface area (Å²) in [5, 5.41) is 4.97. The summed E-state index contributed by atoms with van der Waals surface area (Å²) >= 11 is 0. The second kappa shape index (κ2) is 9.94. The molecule has 3 aromatic rings. The third-order valence-corrected chi connectivity index (χ3v) is 6.54. The molecule has 2 atom stereocenters. The Labute approximate surface area is 201 Å². The van der Waals surface area contributed by atoms with E-state index in [2.05, 4.69) is 80.5 Å². The fourth-order valence-electron chi connectivity index (χ4n) is 4.67. The molecule has 3 heterocycles. The van der Waals surface area contributed by atoms with E-state index in [4.69, 9.17) is 11.5 Å². The summed E-state index contributed by atoms with van der Waals surface area (Å²) in [6.45, 7) is 8.70. The zero-order valence-corrected chi connectivity index (χ0v) is 19.3. The van der Waals surface area contributed by atoms with Gasteiger partial charge in [0.05, 0.1) is 23.9 Å². The molecular formula is C29H29N5. The fraction of sp³-hybridized carbons (Fsp3) is 0.241. The van der Waals surface area contributed by atoms with Crippen molar-refractivity contribution in [2.24, 2.45) is 10.9 Å². The molecule has 1 aromatic heterocycles. The highest BCUT2D eigenvalue weighted by atomic mass is 15.3. The summed E-state index contributed by atoms with van der Waals surface area (Å²) in [6.07, 6.45) is 11.6. The average molecular weight is 448 g/mol. The van der Waals surface area contributed by atoms with Crippen molar-refractivity contribution in [3.8, 4) is 34.9 Å². The largest absolute Gasteiger partial charge is 0.371 e. The monoisotopic (exact) mass is 447 g/mol. The van der Waals surface area contributed by atoms with E-state index in [0.717, 1.165) is 54.4 Å². The summed E-state index contributed by atoms with van der Waals surface area (Å²) in [5.74, 6) is 2.91. The minimum atomic E-state index is 0.0358. The number of hydrogen-bond donors (Lipinski definition) is 0. The van der Waals surface area contributed by atoms with Crippen LogP contribution in [0.2, 0.25) is 0 Å². The molecule has 0 amide bonds. The van der Waals surface area contributed by atoms with Crippen LogP contribution in [-0.2, 0) is 6.54 Å². The molecule has 0 aliphatic carbocycles. The van der Waals surface area contributed by atoms with Crippen molar-refractivity contribution < 1.29 is 0 Å². The first-order chi connectivity index (χ1) is 16.7. The van der Waals surface area contributed by atoms with Gasteiger partial charge in [-0.2, -0.15) is 5.10 Å². The molecule has 0 radical (unpaired) electrons. The van der Waals surface area contributed by atoms with Gasteiger partial charge in [-0.15, -0.1) is 6.42 Å². The number of aliphatic imine (C=N–C) groups is 1. The van der Waals surface area contributed by atoms with Crippen molar-refractivity contribution in [1.29, 1.82) is 0 Å². The second-order valence-electron chi connectivity index (χ2n) is 8.68. The predicted molar refractivity (Wildman–Crippen MR) is 139 cm³/mol. The van der Waals surface area contributed by atoms with E-state index in [9.17, 15) is 0 Å². The van der Waals surface area contributed by atoms with Crippen LogP contribution in [0, 0.1) is 18.3 Å². The molecule has 34 heavy (non-hydrogen) atoms. The summed E-state index contributed by atoms with van der Waals surface area (Å²) in [6, 6.07) is 22.9. The standard InChI is InChI=1S/C29H29N5/c1-3-24-15-10-16-30-29(24)33-19-17-32(18-20-33)23(2)22-34-28(26-13-8-5-9-14-26)21-27(31-34)25-11-6-4-7-12-25/h1,4-16,21,24,29H,2,17-20,22H2. The van der Waals surface area contributed by atoms with Crippen LogP contribution in [0.1, 0.15) is 0 Å². The molecule has 1 fully saturated rings. The van der Waals surface area contributed by atoms with Gasteiger partial charge in [0.25, 0.3) is 0 Å². The van der Waals surface area contributed by atoms with E-state index in [0.29, 0.717) is 6.54 Å². The van der Waals surface area contributed by atoms with Gasteiger partial charge in [0.1, 0.15) is 6.17 Å². The molecule has 1 saturated heterocycles. The van der Waals surface area contributed by atoms with Crippen molar-refractivity contribution in [2.45, 2.75) is 12.7 Å². The van der Waals surface area contributed by atoms with Gasteiger partial charge in [0.2, 0.25) is 0 Å². The fourth-order valence-corrected chi connectivity index (χ4v) is 4.67. The summed E-state index contributed by atoms with van der Waals surface area (Å²) < 4.78 is 2.08.